The summed E-state index contributed by atoms with van der Waals surface area (Å²) in [5, 5.41) is 0.386. The number of hydrogen-bond donors (Lipinski definition) is 0. The largest absolute Gasteiger partial charge is 0.488 e. The van der Waals surface area contributed by atoms with E-state index in [1.54, 1.807) is 0 Å². The number of rotatable bonds is 1. The topological polar surface area (TPSA) is 48.3 Å². The maximum Gasteiger partial charge on any atom is 0.252 e. The van der Waals surface area contributed by atoms with Crippen molar-refractivity contribution in [3.8, 4) is 5.75 Å². The molecular formula is C13H9BrFNO3. The minimum atomic E-state index is -0.523. The minimum Gasteiger partial charge on any atom is -0.488 e. The summed E-state index contributed by atoms with van der Waals surface area (Å²) in [6.07, 6.45) is 0.553. The predicted molar refractivity (Wildman–Crippen MR) is 71.5 cm³/mol. The lowest BCUT2D eigenvalue weighted by molar-refractivity contribution is 0.112. The number of halogens is 2. The van der Waals surface area contributed by atoms with E-state index in [-0.39, 0.29) is 34.0 Å². The molecule has 1 aromatic carbocycles. The summed E-state index contributed by atoms with van der Waals surface area (Å²) >= 11 is 3.12. The van der Waals surface area contributed by atoms with Gasteiger partial charge in [-0.25, -0.2) is 4.39 Å². The number of carbonyl (C=O) groups is 1. The van der Waals surface area contributed by atoms with Crippen LogP contribution in [0.5, 0.6) is 5.75 Å². The molecule has 4 nitrogen and oxygen atoms in total. The molecule has 0 fully saturated rings. The van der Waals surface area contributed by atoms with Gasteiger partial charge in [-0.1, -0.05) is 0 Å². The Morgan fingerprint density at radius 1 is 1.53 bits per heavy atom. The van der Waals surface area contributed by atoms with Crippen LogP contribution in [0.25, 0.3) is 10.9 Å². The molecule has 0 saturated carbocycles. The van der Waals surface area contributed by atoms with E-state index in [1.807, 2.05) is 6.92 Å². The molecule has 1 aromatic heterocycles. The second-order valence-electron chi connectivity index (χ2n) is 4.48. The lowest BCUT2D eigenvalue weighted by atomic mass is 10.1. The molecule has 1 atom stereocenters. The lowest BCUT2D eigenvalue weighted by Gasteiger charge is -2.27. The zero-order valence-electron chi connectivity index (χ0n) is 9.94. The quantitative estimate of drug-likeness (QED) is 0.757. The SMILES string of the molecule is CC1COc2c(Br)c(F)cc3c(C=O)cc(=O)n1c23. The molecule has 6 heteroatoms. The van der Waals surface area contributed by atoms with E-state index in [2.05, 4.69) is 15.9 Å². The van der Waals surface area contributed by atoms with Crippen molar-refractivity contribution < 1.29 is 13.9 Å². The Morgan fingerprint density at radius 3 is 2.95 bits per heavy atom. The molecule has 0 amide bonds. The van der Waals surface area contributed by atoms with Gasteiger partial charge in [-0.05, 0) is 28.9 Å². The number of aromatic nitrogens is 1. The van der Waals surface area contributed by atoms with Gasteiger partial charge in [0.1, 0.15) is 12.4 Å². The standard InChI is InChI=1S/C13H9BrFNO3/c1-6-5-19-13-11(14)9(15)3-8-7(4-17)2-10(18)16(6)12(8)13/h2-4,6H,5H2,1H3. The van der Waals surface area contributed by atoms with Crippen LogP contribution >= 0.6 is 15.9 Å². The van der Waals surface area contributed by atoms with Gasteiger partial charge < -0.3 is 4.74 Å². The zero-order chi connectivity index (χ0) is 13.7. The fourth-order valence-electron chi connectivity index (χ4n) is 2.39. The van der Waals surface area contributed by atoms with Crippen molar-refractivity contribution in [1.82, 2.24) is 4.57 Å². The number of carbonyl (C=O) groups excluding carboxylic acids is 1. The molecule has 0 radical (unpaired) electrons. The zero-order valence-corrected chi connectivity index (χ0v) is 11.5. The Labute approximate surface area is 115 Å². The fraction of sp³-hybridized carbons (Fsp3) is 0.231. The third-order valence-electron chi connectivity index (χ3n) is 3.26. The molecule has 1 aliphatic heterocycles. The molecule has 2 aromatic rings. The van der Waals surface area contributed by atoms with E-state index in [0.717, 1.165) is 0 Å². The smallest absolute Gasteiger partial charge is 0.252 e. The predicted octanol–water partition coefficient (Wildman–Crippen LogP) is 2.67. The van der Waals surface area contributed by atoms with Gasteiger partial charge in [0, 0.05) is 17.0 Å². The molecular weight excluding hydrogens is 317 g/mol. The first kappa shape index (κ1) is 12.3. The maximum absolute atomic E-state index is 13.8. The number of pyridine rings is 1. The van der Waals surface area contributed by atoms with Crippen LogP contribution in [0.2, 0.25) is 0 Å². The molecule has 0 bridgehead atoms. The van der Waals surface area contributed by atoms with E-state index in [4.69, 9.17) is 4.74 Å². The number of ether oxygens (including phenoxy) is 1. The summed E-state index contributed by atoms with van der Waals surface area (Å²) in [6.45, 7) is 2.12. The first-order chi connectivity index (χ1) is 9.04. The van der Waals surface area contributed by atoms with Crippen LogP contribution in [0.15, 0.2) is 21.4 Å². The van der Waals surface area contributed by atoms with Crippen LogP contribution in [0.4, 0.5) is 4.39 Å². The van der Waals surface area contributed by atoms with E-state index < -0.39 is 5.82 Å². The van der Waals surface area contributed by atoms with Gasteiger partial charge in [-0.2, -0.15) is 0 Å². The molecule has 2 heterocycles. The Bertz CT molecular complexity index is 769. The van der Waals surface area contributed by atoms with Gasteiger partial charge in [0.25, 0.3) is 5.56 Å². The van der Waals surface area contributed by atoms with Crippen molar-refractivity contribution in [2.24, 2.45) is 0 Å². The summed E-state index contributed by atoms with van der Waals surface area (Å²) in [4.78, 5) is 23.1. The van der Waals surface area contributed by atoms with Crippen molar-refractivity contribution in [1.29, 1.82) is 0 Å². The average Bonchev–Trinajstić information content (AvgIpc) is 2.39. The highest BCUT2D eigenvalue weighted by Gasteiger charge is 2.26. The van der Waals surface area contributed by atoms with Gasteiger partial charge in [-0.15, -0.1) is 0 Å². The van der Waals surface area contributed by atoms with Crippen molar-refractivity contribution in [2.45, 2.75) is 13.0 Å². The molecule has 0 saturated heterocycles. The first-order valence-electron chi connectivity index (χ1n) is 5.69. The summed E-state index contributed by atoms with van der Waals surface area (Å²) in [5.41, 5.74) is 0.341. The third kappa shape index (κ3) is 1.63. The summed E-state index contributed by atoms with van der Waals surface area (Å²) in [5.74, 6) is -0.251. The monoisotopic (exact) mass is 325 g/mol. The minimum absolute atomic E-state index is 0.166. The maximum atomic E-state index is 13.8. The van der Waals surface area contributed by atoms with Crippen LogP contribution in [0.3, 0.4) is 0 Å². The van der Waals surface area contributed by atoms with Crippen molar-refractivity contribution >= 4 is 33.1 Å². The van der Waals surface area contributed by atoms with Gasteiger partial charge in [0.2, 0.25) is 0 Å². The average molecular weight is 326 g/mol. The van der Waals surface area contributed by atoms with E-state index in [9.17, 15) is 14.0 Å². The molecule has 3 rings (SSSR count). The molecule has 19 heavy (non-hydrogen) atoms. The van der Waals surface area contributed by atoms with E-state index in [1.165, 1.54) is 16.7 Å². The van der Waals surface area contributed by atoms with Crippen molar-refractivity contribution in [3.05, 3.63) is 38.3 Å². The number of benzene rings is 1. The van der Waals surface area contributed by atoms with Gasteiger partial charge in [0.15, 0.2) is 12.0 Å². The van der Waals surface area contributed by atoms with E-state index in [0.29, 0.717) is 17.2 Å². The van der Waals surface area contributed by atoms with Crippen molar-refractivity contribution in [2.75, 3.05) is 6.61 Å². The van der Waals surface area contributed by atoms with Crippen molar-refractivity contribution in [3.63, 3.8) is 0 Å². The van der Waals surface area contributed by atoms with Crippen LogP contribution < -0.4 is 10.3 Å². The number of aldehydes is 1. The highest BCUT2D eigenvalue weighted by Crippen LogP contribution is 2.39. The second kappa shape index (κ2) is 4.16. The second-order valence-corrected chi connectivity index (χ2v) is 5.28. The van der Waals surface area contributed by atoms with Crippen LogP contribution in [-0.4, -0.2) is 17.5 Å². The molecule has 1 unspecified atom stereocenters. The normalized spacial score (nSPS) is 17.3. The van der Waals surface area contributed by atoms with Gasteiger partial charge in [-0.3, -0.25) is 14.2 Å². The first-order valence-corrected chi connectivity index (χ1v) is 6.49. The highest BCUT2D eigenvalue weighted by molar-refractivity contribution is 9.10. The van der Waals surface area contributed by atoms with Gasteiger partial charge in [0.05, 0.1) is 16.0 Å². The summed E-state index contributed by atoms with van der Waals surface area (Å²) in [7, 11) is 0. The third-order valence-corrected chi connectivity index (χ3v) is 3.99. The number of hydrogen-bond acceptors (Lipinski definition) is 3. The Hall–Kier alpha value is -1.69. The van der Waals surface area contributed by atoms with E-state index >= 15 is 0 Å². The highest BCUT2D eigenvalue weighted by atomic mass is 79.9. The fourth-order valence-corrected chi connectivity index (χ4v) is 2.80. The van der Waals surface area contributed by atoms with Crippen LogP contribution in [-0.2, 0) is 0 Å². The number of nitrogens with zero attached hydrogens (tertiary/aromatic N) is 1. The molecule has 0 spiro atoms. The molecule has 0 N–H and O–H groups in total. The lowest BCUT2D eigenvalue weighted by Crippen LogP contribution is -2.31. The Kier molecular flexibility index (Phi) is 2.70. The molecule has 0 aliphatic carbocycles. The summed E-state index contributed by atoms with van der Waals surface area (Å²) < 4.78 is 21.0. The van der Waals surface area contributed by atoms with Crippen LogP contribution in [0.1, 0.15) is 23.3 Å². The Balaban J connectivity index is 2.62. The summed E-state index contributed by atoms with van der Waals surface area (Å²) in [6, 6.07) is 2.30. The van der Waals surface area contributed by atoms with Crippen LogP contribution in [0, 0.1) is 5.82 Å². The van der Waals surface area contributed by atoms with Gasteiger partial charge >= 0.3 is 0 Å². The molecule has 98 valence electrons. The Morgan fingerprint density at radius 2 is 2.26 bits per heavy atom. The molecule has 1 aliphatic rings.